The van der Waals surface area contributed by atoms with Gasteiger partial charge >= 0.3 is 6.61 Å². The summed E-state index contributed by atoms with van der Waals surface area (Å²) >= 11 is 0. The third-order valence-electron chi connectivity index (χ3n) is 5.85. The summed E-state index contributed by atoms with van der Waals surface area (Å²) in [6.07, 6.45) is -0.969. The van der Waals surface area contributed by atoms with Crippen LogP contribution in [0, 0.1) is 5.92 Å². The van der Waals surface area contributed by atoms with Crippen LogP contribution in [0.15, 0.2) is 84.9 Å². The van der Waals surface area contributed by atoms with Crippen molar-refractivity contribution in [2.45, 2.75) is 25.3 Å². The molecule has 2 aliphatic heterocycles. The zero-order chi connectivity index (χ0) is 22.9. The molecule has 0 radical (unpaired) electrons. The van der Waals surface area contributed by atoms with Gasteiger partial charge in [0.1, 0.15) is 11.7 Å². The molecule has 3 unspecified atom stereocenters. The Kier molecular flexibility index (Phi) is 5.51. The lowest BCUT2D eigenvalue weighted by molar-refractivity contribution is -0.143. The van der Waals surface area contributed by atoms with Crippen LogP contribution in [0.3, 0.4) is 0 Å². The van der Waals surface area contributed by atoms with Gasteiger partial charge in [0.05, 0.1) is 18.3 Å². The highest BCUT2D eigenvalue weighted by Crippen LogP contribution is 2.47. The number of carbonyl (C=O) groups is 2. The van der Waals surface area contributed by atoms with Gasteiger partial charge in [-0.3, -0.25) is 19.3 Å². The van der Waals surface area contributed by atoms with Gasteiger partial charge in [-0.15, -0.1) is 0 Å². The summed E-state index contributed by atoms with van der Waals surface area (Å²) in [5, 5.41) is 1.56. The number of carbonyl (C=O) groups excluding carboxylic acids is 2. The number of likely N-dealkylation sites (tertiary alicyclic amines) is 1. The van der Waals surface area contributed by atoms with Crippen molar-refractivity contribution >= 4 is 17.5 Å². The second kappa shape index (κ2) is 8.63. The van der Waals surface area contributed by atoms with Crippen molar-refractivity contribution in [3.05, 3.63) is 96.1 Å². The summed E-state index contributed by atoms with van der Waals surface area (Å²) in [5.74, 6) is -1.49. The predicted molar refractivity (Wildman–Crippen MR) is 115 cm³/mol. The van der Waals surface area contributed by atoms with E-state index in [1.807, 2.05) is 60.7 Å². The van der Waals surface area contributed by atoms with Gasteiger partial charge in [0.15, 0.2) is 6.10 Å². The van der Waals surface area contributed by atoms with Crippen LogP contribution >= 0.6 is 0 Å². The molecule has 0 aromatic heterocycles. The Hall–Kier alpha value is -3.78. The Labute approximate surface area is 188 Å². The number of alkyl halides is 2. The number of amides is 2. The quantitative estimate of drug-likeness (QED) is 0.523. The zero-order valence-corrected chi connectivity index (χ0v) is 17.4. The minimum atomic E-state index is -2.93. The number of hydrogen-bond acceptors (Lipinski definition) is 5. The molecule has 2 amide bonds. The molecule has 3 atom stereocenters. The lowest BCUT2D eigenvalue weighted by Crippen LogP contribution is -2.36. The summed E-state index contributed by atoms with van der Waals surface area (Å²) in [5.41, 5.74) is 2.17. The number of imide groups is 1. The summed E-state index contributed by atoms with van der Waals surface area (Å²) in [4.78, 5) is 33.9. The Morgan fingerprint density at radius 2 is 1.48 bits per heavy atom. The van der Waals surface area contributed by atoms with Crippen molar-refractivity contribution in [2.24, 2.45) is 5.92 Å². The number of nitrogens with zero attached hydrogens (tertiary/aromatic N) is 2. The first-order chi connectivity index (χ1) is 16.0. The third-order valence-corrected chi connectivity index (χ3v) is 5.85. The molecule has 0 spiro atoms. The van der Waals surface area contributed by atoms with Gasteiger partial charge in [0.2, 0.25) is 5.91 Å². The van der Waals surface area contributed by atoms with Gasteiger partial charge in [0.25, 0.3) is 5.91 Å². The van der Waals surface area contributed by atoms with E-state index in [9.17, 15) is 18.4 Å². The van der Waals surface area contributed by atoms with Crippen LogP contribution in [0.25, 0.3) is 0 Å². The standard InChI is InChI=1S/C25H20F2N2O4/c26-25(27)32-19-13-11-17(12-14-19)21-20-22(33-29(21)18-9-5-2-6-10-18)24(31)28(23(20)30)15-16-7-3-1-4-8-16/h1-14,20-22,25H,15H2. The molecule has 8 heteroatoms. The number of halogens is 2. The van der Waals surface area contributed by atoms with E-state index >= 15 is 0 Å². The van der Waals surface area contributed by atoms with Gasteiger partial charge in [-0.05, 0) is 35.4 Å². The average Bonchev–Trinajstić information content (AvgIpc) is 3.33. The monoisotopic (exact) mass is 450 g/mol. The fourth-order valence-electron chi connectivity index (χ4n) is 4.38. The molecular weight excluding hydrogens is 430 g/mol. The molecule has 2 saturated heterocycles. The Bertz CT molecular complexity index is 1140. The second-order valence-electron chi connectivity index (χ2n) is 7.85. The Morgan fingerprint density at radius 3 is 2.12 bits per heavy atom. The molecule has 3 aromatic carbocycles. The molecule has 0 aliphatic carbocycles. The fourth-order valence-corrected chi connectivity index (χ4v) is 4.38. The van der Waals surface area contributed by atoms with Gasteiger partial charge in [-0.2, -0.15) is 8.78 Å². The lowest BCUT2D eigenvalue weighted by atomic mass is 9.90. The van der Waals surface area contributed by atoms with E-state index in [1.54, 1.807) is 17.2 Å². The van der Waals surface area contributed by atoms with E-state index < -0.39 is 30.6 Å². The number of hydrogen-bond donors (Lipinski definition) is 0. The zero-order valence-electron chi connectivity index (χ0n) is 17.4. The smallest absolute Gasteiger partial charge is 0.387 e. The topological polar surface area (TPSA) is 59.1 Å². The number of ether oxygens (including phenoxy) is 1. The highest BCUT2D eigenvalue weighted by molar-refractivity contribution is 6.07. The minimum Gasteiger partial charge on any atom is -0.435 e. The van der Waals surface area contributed by atoms with E-state index in [2.05, 4.69) is 4.74 Å². The lowest BCUT2D eigenvalue weighted by Gasteiger charge is -2.28. The van der Waals surface area contributed by atoms with Crippen LogP contribution in [0.1, 0.15) is 17.2 Å². The van der Waals surface area contributed by atoms with Crippen molar-refractivity contribution in [1.82, 2.24) is 4.90 Å². The summed E-state index contributed by atoms with van der Waals surface area (Å²) in [6, 6.07) is 23.9. The van der Waals surface area contributed by atoms with Crippen LogP contribution < -0.4 is 9.80 Å². The van der Waals surface area contributed by atoms with E-state index in [-0.39, 0.29) is 18.2 Å². The van der Waals surface area contributed by atoms with Crippen molar-refractivity contribution in [1.29, 1.82) is 0 Å². The van der Waals surface area contributed by atoms with Crippen molar-refractivity contribution in [2.75, 3.05) is 5.06 Å². The molecule has 168 valence electrons. The molecule has 3 aromatic rings. The van der Waals surface area contributed by atoms with Gasteiger partial charge in [-0.25, -0.2) is 5.06 Å². The van der Waals surface area contributed by atoms with E-state index in [1.165, 1.54) is 17.0 Å². The molecule has 2 aliphatic rings. The number of anilines is 1. The first-order valence-corrected chi connectivity index (χ1v) is 10.5. The summed E-state index contributed by atoms with van der Waals surface area (Å²) < 4.78 is 29.6. The van der Waals surface area contributed by atoms with E-state index in [0.29, 0.717) is 11.3 Å². The van der Waals surface area contributed by atoms with Crippen LogP contribution in [0.4, 0.5) is 14.5 Å². The van der Waals surface area contributed by atoms with E-state index in [0.717, 1.165) is 5.56 Å². The maximum atomic E-state index is 13.4. The average molecular weight is 450 g/mol. The van der Waals surface area contributed by atoms with Gasteiger partial charge in [-0.1, -0.05) is 60.7 Å². The van der Waals surface area contributed by atoms with Crippen LogP contribution in [-0.2, 0) is 21.0 Å². The highest BCUT2D eigenvalue weighted by atomic mass is 19.3. The molecule has 33 heavy (non-hydrogen) atoms. The molecule has 6 nitrogen and oxygen atoms in total. The molecule has 0 N–H and O–H groups in total. The summed E-state index contributed by atoms with van der Waals surface area (Å²) in [6.45, 7) is -2.77. The largest absolute Gasteiger partial charge is 0.435 e. The van der Waals surface area contributed by atoms with Crippen LogP contribution in [0.2, 0.25) is 0 Å². The number of fused-ring (bicyclic) bond motifs is 1. The number of rotatable bonds is 6. The molecule has 2 heterocycles. The Morgan fingerprint density at radius 1 is 0.848 bits per heavy atom. The SMILES string of the molecule is O=C1C2ON(c3ccccc3)C(c3ccc(OC(F)F)cc3)C2C(=O)N1Cc1ccccc1. The highest BCUT2D eigenvalue weighted by Gasteiger charge is 2.59. The molecular formula is C25H20F2N2O4. The predicted octanol–water partition coefficient (Wildman–Crippen LogP) is 4.33. The maximum absolute atomic E-state index is 13.4. The molecule has 0 saturated carbocycles. The molecule has 2 fully saturated rings. The van der Waals surface area contributed by atoms with Crippen molar-refractivity contribution < 1.29 is 27.9 Å². The number of benzene rings is 3. The number of hydroxylamine groups is 1. The van der Waals surface area contributed by atoms with Crippen molar-refractivity contribution in [3.63, 3.8) is 0 Å². The van der Waals surface area contributed by atoms with Crippen molar-refractivity contribution in [3.8, 4) is 5.75 Å². The second-order valence-corrected chi connectivity index (χ2v) is 7.85. The third kappa shape index (κ3) is 3.93. The maximum Gasteiger partial charge on any atom is 0.387 e. The van der Waals surface area contributed by atoms with E-state index in [4.69, 9.17) is 4.84 Å². The van der Waals surface area contributed by atoms with Crippen LogP contribution in [0.5, 0.6) is 5.75 Å². The van der Waals surface area contributed by atoms with Gasteiger partial charge < -0.3 is 4.74 Å². The minimum absolute atomic E-state index is 0.00926. The van der Waals surface area contributed by atoms with Crippen LogP contribution in [-0.4, -0.2) is 29.4 Å². The first-order valence-electron chi connectivity index (χ1n) is 10.5. The summed E-state index contributed by atoms with van der Waals surface area (Å²) in [7, 11) is 0. The Balaban J connectivity index is 1.49. The first kappa shape index (κ1) is 21.1. The number of para-hydroxylation sites is 1. The van der Waals surface area contributed by atoms with Gasteiger partial charge in [0, 0.05) is 0 Å². The fraction of sp³-hybridized carbons (Fsp3) is 0.200. The molecule has 5 rings (SSSR count). The molecule has 0 bridgehead atoms. The normalized spacial score (nSPS) is 22.2.